The van der Waals surface area contributed by atoms with Crippen molar-refractivity contribution in [3.05, 3.63) is 42.8 Å². The summed E-state index contributed by atoms with van der Waals surface area (Å²) in [4.78, 5) is 21.6. The molecule has 1 aromatic heterocycles. The molecule has 0 bridgehead atoms. The summed E-state index contributed by atoms with van der Waals surface area (Å²) in [7, 11) is 0. The molecule has 1 aromatic carbocycles. The molecule has 0 saturated heterocycles. The molecule has 0 unspecified atom stereocenters. The van der Waals surface area contributed by atoms with Gasteiger partial charge in [0.2, 0.25) is 18.2 Å². The number of aromatic nitrogens is 2. The molecule has 2 rings (SSSR count). The Labute approximate surface area is 107 Å². The smallest absolute Gasteiger partial charge is 0.328 e. The van der Waals surface area contributed by atoms with E-state index in [1.165, 1.54) is 6.39 Å². The molecule has 19 heavy (non-hydrogen) atoms. The molecule has 1 amide bonds. The number of benzene rings is 1. The first kappa shape index (κ1) is 12.5. The normalized spacial score (nSPS) is 10.5. The monoisotopic (exact) mass is 259 g/mol. The maximum Gasteiger partial charge on any atom is 0.328 e. The Hall–Kier alpha value is -2.96. The number of aliphatic carboxylic acids is 1. The van der Waals surface area contributed by atoms with E-state index < -0.39 is 11.9 Å². The van der Waals surface area contributed by atoms with E-state index in [9.17, 15) is 9.59 Å². The van der Waals surface area contributed by atoms with E-state index >= 15 is 0 Å². The number of rotatable bonds is 4. The van der Waals surface area contributed by atoms with E-state index in [-0.39, 0.29) is 0 Å². The quantitative estimate of drug-likeness (QED) is 0.802. The molecule has 7 nitrogen and oxygen atoms in total. The first-order chi connectivity index (χ1) is 9.15. The molecule has 7 heteroatoms. The topological polar surface area (TPSA) is 105 Å². The van der Waals surface area contributed by atoms with E-state index in [2.05, 4.69) is 15.5 Å². The van der Waals surface area contributed by atoms with E-state index in [1.807, 2.05) is 0 Å². The number of carbonyl (C=O) groups is 2. The van der Waals surface area contributed by atoms with Crippen LogP contribution in [0.5, 0.6) is 0 Å². The highest BCUT2D eigenvalue weighted by Crippen LogP contribution is 2.18. The third-order valence-electron chi connectivity index (χ3n) is 2.14. The summed E-state index contributed by atoms with van der Waals surface area (Å²) < 4.78 is 5.02. The number of anilines is 1. The zero-order chi connectivity index (χ0) is 13.7. The van der Waals surface area contributed by atoms with Crippen LogP contribution >= 0.6 is 0 Å². The van der Waals surface area contributed by atoms with Gasteiger partial charge < -0.3 is 14.8 Å². The average molecular weight is 259 g/mol. The molecule has 1 heterocycles. The second-order valence-corrected chi connectivity index (χ2v) is 3.48. The van der Waals surface area contributed by atoms with Gasteiger partial charge in [0.05, 0.1) is 0 Å². The van der Waals surface area contributed by atoms with Crippen molar-refractivity contribution < 1.29 is 19.1 Å². The first-order valence-corrected chi connectivity index (χ1v) is 5.24. The van der Waals surface area contributed by atoms with Gasteiger partial charge in [-0.05, 0) is 24.3 Å². The molecule has 2 aromatic rings. The molecule has 0 radical (unpaired) electrons. The minimum Gasteiger partial charge on any atom is -0.478 e. The van der Waals surface area contributed by atoms with Crippen molar-refractivity contribution >= 4 is 17.6 Å². The molecule has 0 aliphatic carbocycles. The van der Waals surface area contributed by atoms with Gasteiger partial charge >= 0.3 is 5.97 Å². The van der Waals surface area contributed by atoms with Crippen LogP contribution in [0.3, 0.4) is 0 Å². The van der Waals surface area contributed by atoms with Gasteiger partial charge in [0.25, 0.3) is 0 Å². The van der Waals surface area contributed by atoms with Gasteiger partial charge in [0.1, 0.15) is 0 Å². The molecule has 0 aliphatic rings. The molecule has 2 N–H and O–H groups in total. The Morgan fingerprint density at radius 1 is 1.21 bits per heavy atom. The molecular formula is C12H9N3O4. The Balaban J connectivity index is 2.03. The van der Waals surface area contributed by atoms with Crippen molar-refractivity contribution in [2.45, 2.75) is 0 Å². The molecule has 0 saturated carbocycles. The molecule has 96 valence electrons. The number of carboxylic acid groups (broad SMARTS) is 1. The number of carboxylic acids is 1. The first-order valence-electron chi connectivity index (χ1n) is 5.24. The second kappa shape index (κ2) is 5.58. The Bertz CT molecular complexity index is 602. The highest BCUT2D eigenvalue weighted by Gasteiger charge is 2.04. The van der Waals surface area contributed by atoms with Gasteiger partial charge in [-0.1, -0.05) is 0 Å². The fraction of sp³-hybridized carbons (Fsp3) is 0. The van der Waals surface area contributed by atoms with Crippen LogP contribution in [0.15, 0.2) is 47.2 Å². The minimum atomic E-state index is -1.18. The lowest BCUT2D eigenvalue weighted by molar-refractivity contribution is -0.131. The van der Waals surface area contributed by atoms with Crippen molar-refractivity contribution in [2.75, 3.05) is 5.32 Å². The zero-order valence-corrected chi connectivity index (χ0v) is 9.61. The van der Waals surface area contributed by atoms with Crippen LogP contribution in [0, 0.1) is 0 Å². The van der Waals surface area contributed by atoms with Gasteiger partial charge in [-0.3, -0.25) is 4.79 Å². The van der Waals surface area contributed by atoms with Crippen LogP contribution in [0.1, 0.15) is 0 Å². The summed E-state index contributed by atoms with van der Waals surface area (Å²) in [6.07, 6.45) is 2.93. The fourth-order valence-corrected chi connectivity index (χ4v) is 1.33. The number of nitrogens with zero attached hydrogens (tertiary/aromatic N) is 2. The van der Waals surface area contributed by atoms with Gasteiger partial charge in [0, 0.05) is 23.4 Å². The lowest BCUT2D eigenvalue weighted by Gasteiger charge is -2.02. The largest absolute Gasteiger partial charge is 0.478 e. The number of hydrogen-bond acceptors (Lipinski definition) is 5. The third-order valence-corrected chi connectivity index (χ3v) is 2.14. The van der Waals surface area contributed by atoms with E-state index in [1.54, 1.807) is 24.3 Å². The number of amides is 1. The summed E-state index contributed by atoms with van der Waals surface area (Å²) in [6, 6.07) is 6.69. The van der Waals surface area contributed by atoms with Crippen LogP contribution in [0.4, 0.5) is 5.69 Å². The van der Waals surface area contributed by atoms with Gasteiger partial charge in [-0.2, -0.15) is 0 Å². The maximum absolute atomic E-state index is 11.3. The van der Waals surface area contributed by atoms with Crippen LogP contribution in [-0.4, -0.2) is 27.2 Å². The average Bonchev–Trinajstić information content (AvgIpc) is 2.91. The Morgan fingerprint density at radius 2 is 1.95 bits per heavy atom. The van der Waals surface area contributed by atoms with Crippen molar-refractivity contribution in [1.29, 1.82) is 0 Å². The number of hydrogen-bond donors (Lipinski definition) is 2. The molecular weight excluding hydrogens is 250 g/mol. The standard InChI is InChI=1S/C12H9N3O4/c16-10(5-6-11(17)18)14-9-3-1-8(2-4-9)12-15-13-7-19-12/h1-7H,(H,14,16)(H,17,18)/b6-5+. The van der Waals surface area contributed by atoms with E-state index in [4.69, 9.17) is 9.52 Å². The highest BCUT2D eigenvalue weighted by molar-refractivity contribution is 6.02. The summed E-state index contributed by atoms with van der Waals surface area (Å²) in [5, 5.41) is 18.2. The summed E-state index contributed by atoms with van der Waals surface area (Å²) in [5.41, 5.74) is 1.25. The van der Waals surface area contributed by atoms with Crippen molar-refractivity contribution in [3.63, 3.8) is 0 Å². The van der Waals surface area contributed by atoms with Gasteiger partial charge in [-0.15, -0.1) is 10.2 Å². The Morgan fingerprint density at radius 3 is 2.53 bits per heavy atom. The SMILES string of the molecule is O=C(O)/C=C/C(=O)Nc1ccc(-c2nnco2)cc1. The third kappa shape index (κ3) is 3.50. The lowest BCUT2D eigenvalue weighted by Crippen LogP contribution is -2.08. The van der Waals surface area contributed by atoms with Crippen LogP contribution < -0.4 is 5.32 Å². The van der Waals surface area contributed by atoms with Gasteiger partial charge in [-0.25, -0.2) is 4.79 Å². The number of carbonyl (C=O) groups excluding carboxylic acids is 1. The fourth-order valence-electron chi connectivity index (χ4n) is 1.33. The van der Waals surface area contributed by atoms with E-state index in [0.29, 0.717) is 11.6 Å². The van der Waals surface area contributed by atoms with Crippen LogP contribution in [0.25, 0.3) is 11.5 Å². The summed E-state index contributed by atoms with van der Waals surface area (Å²) in [5.74, 6) is -1.32. The molecule has 0 spiro atoms. The number of nitrogens with one attached hydrogen (secondary N) is 1. The van der Waals surface area contributed by atoms with Crippen LogP contribution in [-0.2, 0) is 9.59 Å². The van der Waals surface area contributed by atoms with Crippen LogP contribution in [0.2, 0.25) is 0 Å². The Kier molecular flexibility index (Phi) is 3.67. The maximum atomic E-state index is 11.3. The second-order valence-electron chi connectivity index (χ2n) is 3.48. The predicted molar refractivity (Wildman–Crippen MR) is 65.1 cm³/mol. The van der Waals surface area contributed by atoms with E-state index in [0.717, 1.165) is 17.7 Å². The van der Waals surface area contributed by atoms with Crippen molar-refractivity contribution in [1.82, 2.24) is 10.2 Å². The van der Waals surface area contributed by atoms with Gasteiger partial charge in [0.15, 0.2) is 0 Å². The molecule has 0 fully saturated rings. The predicted octanol–water partition coefficient (Wildman–Crippen LogP) is 1.32. The highest BCUT2D eigenvalue weighted by atomic mass is 16.4. The van der Waals surface area contributed by atoms with Crippen molar-refractivity contribution in [2.24, 2.45) is 0 Å². The molecule has 0 atom stereocenters. The lowest BCUT2D eigenvalue weighted by atomic mass is 10.2. The van der Waals surface area contributed by atoms with Crippen molar-refractivity contribution in [3.8, 4) is 11.5 Å². The minimum absolute atomic E-state index is 0.378. The molecule has 0 aliphatic heterocycles. The summed E-state index contributed by atoms with van der Waals surface area (Å²) in [6.45, 7) is 0. The summed E-state index contributed by atoms with van der Waals surface area (Å²) >= 11 is 0. The zero-order valence-electron chi connectivity index (χ0n) is 9.61.